The minimum Gasteiger partial charge on any atom is -0.400 e. The molecule has 0 aliphatic carbocycles. The molecule has 0 aromatic carbocycles. The minimum atomic E-state index is -1.12. The molecule has 1 unspecified atom stereocenters. The number of hydrogen-bond donors (Lipinski definition) is 2. The number of aliphatic hydroxyl groups is 1. The van der Waals surface area contributed by atoms with E-state index < -0.39 is 8.53 Å². The summed E-state index contributed by atoms with van der Waals surface area (Å²) in [5, 5.41) is 14.7. The van der Waals surface area contributed by atoms with Gasteiger partial charge >= 0.3 is 0 Å². The van der Waals surface area contributed by atoms with Gasteiger partial charge in [0.25, 0.3) is 8.53 Å². The van der Waals surface area contributed by atoms with Crippen molar-refractivity contribution in [3.63, 3.8) is 0 Å². The second kappa shape index (κ2) is 21.1. The Balaban J connectivity index is -0.000000580. The van der Waals surface area contributed by atoms with Crippen LogP contribution in [0.2, 0.25) is 0 Å². The van der Waals surface area contributed by atoms with Gasteiger partial charge in [-0.2, -0.15) is 5.26 Å². The maximum atomic E-state index is 8.30. The maximum Gasteiger partial charge on any atom is 0.255 e. The van der Waals surface area contributed by atoms with E-state index in [-0.39, 0.29) is 14.3 Å². The van der Waals surface area contributed by atoms with Gasteiger partial charge in [0.15, 0.2) is 0 Å². The summed E-state index contributed by atoms with van der Waals surface area (Å²) in [6.07, 6.45) is 0.360. The summed E-state index contributed by atoms with van der Waals surface area (Å²) >= 11 is 0. The van der Waals surface area contributed by atoms with E-state index >= 15 is 0 Å². The molecule has 6 nitrogen and oxygen atoms in total. The predicted octanol–water partition coefficient (Wildman–Crippen LogP) is 1.66. The highest BCUT2D eigenvalue weighted by Gasteiger charge is 2.06. The molecule has 17 heavy (non-hydrogen) atoms. The largest absolute Gasteiger partial charge is 0.400 e. The highest BCUT2D eigenvalue weighted by molar-refractivity contribution is 7.44. The second-order valence-corrected chi connectivity index (χ2v) is 3.65. The van der Waals surface area contributed by atoms with Crippen LogP contribution in [0, 0.1) is 11.3 Å². The number of rotatable bonds is 9. The number of hydrogen-bond acceptors (Lipinski definition) is 6. The van der Waals surface area contributed by atoms with E-state index in [2.05, 4.69) is 10.2 Å². The molecule has 0 spiro atoms. The van der Waals surface area contributed by atoms with E-state index in [1.165, 1.54) is 7.11 Å². The molecule has 2 N–H and O–H groups in total. The van der Waals surface area contributed by atoms with Gasteiger partial charge in [0.1, 0.15) is 0 Å². The molecule has 0 aliphatic heterocycles. The smallest absolute Gasteiger partial charge is 0.255 e. The molecule has 7 heteroatoms. The van der Waals surface area contributed by atoms with Crippen LogP contribution in [0.4, 0.5) is 0 Å². The van der Waals surface area contributed by atoms with Crippen LogP contribution in [-0.2, 0) is 13.8 Å². The van der Waals surface area contributed by atoms with E-state index in [9.17, 15) is 0 Å². The van der Waals surface area contributed by atoms with Crippen molar-refractivity contribution in [1.82, 2.24) is 5.09 Å². The summed E-state index contributed by atoms with van der Waals surface area (Å²) in [6.45, 7) is 1.95. The lowest BCUT2D eigenvalue weighted by molar-refractivity contribution is 0.106. The van der Waals surface area contributed by atoms with Gasteiger partial charge in [-0.25, -0.2) is 0 Å². The molecule has 0 bridgehead atoms. The van der Waals surface area contributed by atoms with Crippen molar-refractivity contribution in [3.8, 4) is 6.07 Å². The molecule has 0 amide bonds. The number of nitriles is 1. The Labute approximate surface area is 109 Å². The summed E-state index contributed by atoms with van der Waals surface area (Å²) < 4.78 is 28.2. The fourth-order valence-corrected chi connectivity index (χ4v) is 1.45. The van der Waals surface area contributed by atoms with Crippen molar-refractivity contribution >= 4 is 8.53 Å². The van der Waals surface area contributed by atoms with Crippen LogP contribution in [0.3, 0.4) is 0 Å². The zero-order valence-corrected chi connectivity index (χ0v) is 10.7. The summed E-state index contributed by atoms with van der Waals surface area (Å²) in [5.41, 5.74) is 0. The van der Waals surface area contributed by atoms with Gasteiger partial charge in [-0.1, -0.05) is 7.43 Å². The van der Waals surface area contributed by atoms with Crippen molar-refractivity contribution < 1.29 is 20.3 Å². The van der Waals surface area contributed by atoms with Crippen LogP contribution in [0.5, 0.6) is 0 Å². The molecular weight excluding hydrogens is 243 g/mol. The van der Waals surface area contributed by atoms with Gasteiger partial charge in [-0.05, 0) is 13.9 Å². The van der Waals surface area contributed by atoms with Crippen molar-refractivity contribution in [2.75, 3.05) is 40.6 Å². The number of aliphatic hydroxyl groups excluding tert-OH is 1. The van der Waals surface area contributed by atoms with Crippen LogP contribution in [0.15, 0.2) is 0 Å². The molecule has 0 radical (unpaired) electrons. The summed E-state index contributed by atoms with van der Waals surface area (Å²) in [6, 6.07) is 1.99. The average Bonchev–Trinajstić information content (AvgIpc) is 2.37. The van der Waals surface area contributed by atoms with E-state index in [0.717, 1.165) is 0 Å². The minimum absolute atomic E-state index is 0. The Morgan fingerprint density at radius 1 is 1.53 bits per heavy atom. The predicted molar refractivity (Wildman–Crippen MR) is 69.5 cm³/mol. The molecule has 0 aromatic heterocycles. The van der Waals surface area contributed by atoms with Crippen LogP contribution in [0.25, 0.3) is 0 Å². The highest BCUT2D eigenvalue weighted by atomic mass is 31.2. The van der Waals surface area contributed by atoms with Crippen LogP contribution in [-0.4, -0.2) is 47.1 Å². The SMILES string of the molecule is C.[2H]CCOCCOP(NC)OCCC#N.[3H]OC. The normalized spacial score (nSPS) is 12.1. The van der Waals surface area contributed by atoms with E-state index in [0.29, 0.717) is 32.8 Å². The number of nitrogens with one attached hydrogen (secondary N) is 1. The van der Waals surface area contributed by atoms with Gasteiger partial charge in [0.2, 0.25) is 1.43 Å². The van der Waals surface area contributed by atoms with Crippen molar-refractivity contribution in [2.45, 2.75) is 20.7 Å². The van der Waals surface area contributed by atoms with Gasteiger partial charge in [-0.15, -0.1) is 0 Å². The van der Waals surface area contributed by atoms with Crippen LogP contribution >= 0.6 is 8.53 Å². The quantitative estimate of drug-likeness (QED) is 0.490. The summed E-state index contributed by atoms with van der Waals surface area (Å²) in [5.74, 6) is 0. The molecular formula is C10H25N2O4P. The van der Waals surface area contributed by atoms with E-state index in [1.807, 2.05) is 6.07 Å². The lowest BCUT2D eigenvalue weighted by Crippen LogP contribution is -2.09. The maximum absolute atomic E-state index is 8.30. The first-order valence-corrected chi connectivity index (χ1v) is 5.91. The highest BCUT2D eigenvalue weighted by Crippen LogP contribution is 2.32. The zero-order chi connectivity index (χ0) is 14.1. The molecule has 0 saturated carbocycles. The third-order valence-electron chi connectivity index (χ3n) is 1.19. The molecule has 0 saturated heterocycles. The number of ether oxygens (including phenoxy) is 1. The second-order valence-electron chi connectivity index (χ2n) is 2.17. The molecule has 0 fully saturated rings. The summed E-state index contributed by atoms with van der Waals surface area (Å²) in [4.78, 5) is 0. The first-order chi connectivity index (χ1) is 8.76. The van der Waals surface area contributed by atoms with E-state index in [4.69, 9.17) is 21.8 Å². The monoisotopic (exact) mass is 271 g/mol. The number of nitrogens with zero attached hydrogens (tertiary/aromatic N) is 1. The standard InChI is InChI=1S/C8H17N2O3P.CH4O.CH4/c1-3-11-7-8-13-14(10-2)12-6-4-5-9;1-2;/h10H,3-4,6-8H2,1-2H3;2H,1H3;1H4/i1D;2T;. The molecule has 0 aromatic rings. The Bertz CT molecular complexity index is 199. The van der Waals surface area contributed by atoms with Gasteiger partial charge < -0.3 is 18.9 Å². The molecule has 0 heterocycles. The fraction of sp³-hybridized carbons (Fsp3) is 0.900. The summed E-state index contributed by atoms with van der Waals surface area (Å²) in [7, 11) is 1.91. The van der Waals surface area contributed by atoms with Gasteiger partial charge in [0.05, 0.1) is 32.3 Å². The average molecular weight is 271 g/mol. The third-order valence-corrected chi connectivity index (χ3v) is 2.38. The van der Waals surface area contributed by atoms with Crippen molar-refractivity contribution in [3.05, 3.63) is 0 Å². The first kappa shape index (κ1) is 16.7. The third kappa shape index (κ3) is 18.3. The first-order valence-electron chi connectivity index (χ1n) is 5.84. The van der Waals surface area contributed by atoms with Gasteiger partial charge in [-0.3, -0.25) is 5.09 Å². The van der Waals surface area contributed by atoms with Crippen molar-refractivity contribution in [1.29, 1.82) is 6.69 Å². The Morgan fingerprint density at radius 2 is 2.18 bits per heavy atom. The molecule has 1 atom stereocenters. The van der Waals surface area contributed by atoms with Crippen molar-refractivity contribution in [2.24, 2.45) is 0 Å². The van der Waals surface area contributed by atoms with Crippen LogP contribution in [0.1, 0.15) is 22.1 Å². The molecule has 0 rings (SSSR count). The Hall–Kier alpha value is -0.280. The lowest BCUT2D eigenvalue weighted by atomic mass is 10.5. The Morgan fingerprint density at radius 3 is 2.71 bits per heavy atom. The lowest BCUT2D eigenvalue weighted by Gasteiger charge is -2.14. The molecule has 0 aliphatic rings. The molecule has 104 valence electrons. The zero-order valence-electron chi connectivity index (χ0n) is 11.8. The topological polar surface area (TPSA) is 83.7 Å². The fourth-order valence-electron chi connectivity index (χ4n) is 0.622. The van der Waals surface area contributed by atoms with Gasteiger partial charge in [0, 0.05) is 15.1 Å². The van der Waals surface area contributed by atoms with Crippen LogP contribution < -0.4 is 5.09 Å². The van der Waals surface area contributed by atoms with E-state index in [1.54, 1.807) is 7.05 Å². The Kier molecular flexibility index (Phi) is 20.7.